The molecule has 256 valence electrons. The summed E-state index contributed by atoms with van der Waals surface area (Å²) in [4.78, 5) is 40.6. The third-order valence-corrected chi connectivity index (χ3v) is 10.8. The Morgan fingerprint density at radius 2 is 1.84 bits per heavy atom. The second-order valence-corrected chi connectivity index (χ2v) is 14.9. The summed E-state index contributed by atoms with van der Waals surface area (Å²) in [5.41, 5.74) is 6.97. The molecule has 11 nitrogen and oxygen atoms in total. The number of carbonyl (C=O) groups is 2. The van der Waals surface area contributed by atoms with Crippen LogP contribution in [0.3, 0.4) is 0 Å². The van der Waals surface area contributed by atoms with Gasteiger partial charge in [-0.1, -0.05) is 70.2 Å². The van der Waals surface area contributed by atoms with E-state index in [1.54, 1.807) is 6.20 Å². The first-order valence-corrected chi connectivity index (χ1v) is 17.6. The molecule has 11 heteroatoms. The van der Waals surface area contributed by atoms with Gasteiger partial charge in [-0.25, -0.2) is 9.97 Å². The van der Waals surface area contributed by atoms with E-state index in [1.807, 2.05) is 46.0 Å². The van der Waals surface area contributed by atoms with Crippen molar-refractivity contribution in [1.82, 2.24) is 25.6 Å². The van der Waals surface area contributed by atoms with Crippen LogP contribution in [0.25, 0.3) is 44.9 Å². The highest BCUT2D eigenvalue weighted by Crippen LogP contribution is 2.61. The predicted octanol–water partition coefficient (Wildman–Crippen LogP) is 6.84. The number of para-hydroxylation sites is 1. The lowest BCUT2D eigenvalue weighted by atomic mass is 9.72. The Morgan fingerprint density at radius 3 is 2.69 bits per heavy atom. The molecule has 6 aromatic rings. The normalized spacial score (nSPS) is 22.2. The second kappa shape index (κ2) is 10.6. The van der Waals surface area contributed by atoms with Crippen LogP contribution >= 0.6 is 0 Å². The number of amides is 2. The van der Waals surface area contributed by atoms with E-state index >= 15 is 0 Å². The number of aromatic amines is 1. The molecule has 0 aliphatic carbocycles. The Balaban J connectivity index is 1.29. The van der Waals surface area contributed by atoms with Crippen LogP contribution in [-0.4, -0.2) is 39.0 Å². The Labute approximate surface area is 293 Å². The van der Waals surface area contributed by atoms with Gasteiger partial charge in [0.2, 0.25) is 23.6 Å². The van der Waals surface area contributed by atoms with Gasteiger partial charge in [-0.3, -0.25) is 9.59 Å². The van der Waals surface area contributed by atoms with Crippen molar-refractivity contribution in [3.05, 3.63) is 95.3 Å². The Morgan fingerprint density at radius 1 is 1.00 bits per heavy atom. The number of nitrogens with one attached hydrogen (secondary N) is 4. The fourth-order valence-corrected chi connectivity index (χ4v) is 8.48. The highest BCUT2D eigenvalue weighted by atomic mass is 16.5. The maximum absolute atomic E-state index is 14.1. The zero-order valence-electron chi connectivity index (χ0n) is 28.6. The number of nitrogens with zero attached hydrogens (tertiary/aromatic N) is 2. The molecule has 4 atom stereocenters. The van der Waals surface area contributed by atoms with Crippen LogP contribution in [0.5, 0.6) is 5.75 Å². The van der Waals surface area contributed by atoms with E-state index < -0.39 is 23.7 Å². The summed E-state index contributed by atoms with van der Waals surface area (Å²) in [7, 11) is 0. The minimum absolute atomic E-state index is 0.116. The molecule has 4 aliphatic heterocycles. The van der Waals surface area contributed by atoms with Crippen LogP contribution in [0.1, 0.15) is 68.5 Å². The van der Waals surface area contributed by atoms with Gasteiger partial charge in [-0.05, 0) is 35.1 Å². The summed E-state index contributed by atoms with van der Waals surface area (Å²) in [5.74, 6) is 1.96. The van der Waals surface area contributed by atoms with Crippen LogP contribution in [0, 0.1) is 11.8 Å². The number of fused-ring (bicyclic) bond motifs is 7. The predicted molar refractivity (Wildman–Crippen MR) is 190 cm³/mol. The van der Waals surface area contributed by atoms with E-state index in [0.29, 0.717) is 41.2 Å². The van der Waals surface area contributed by atoms with E-state index in [0.717, 1.165) is 50.0 Å². The molecule has 10 rings (SSSR count). The number of carbonyl (C=O) groups excluding carboxylic acids is 2. The number of oxazole rings is 2. The number of benzene rings is 3. The highest BCUT2D eigenvalue weighted by Gasteiger charge is 2.61. The van der Waals surface area contributed by atoms with Crippen molar-refractivity contribution in [1.29, 1.82) is 0 Å². The number of rotatable bonds is 4. The molecule has 7 heterocycles. The molecular formula is C40H36N6O5. The smallest absolute Gasteiger partial charge is 0.249 e. The van der Waals surface area contributed by atoms with Crippen LogP contribution in [0.15, 0.2) is 75.8 Å². The van der Waals surface area contributed by atoms with Crippen molar-refractivity contribution in [2.45, 2.75) is 64.3 Å². The molecule has 0 saturated heterocycles. The maximum atomic E-state index is 14.1. The standard InChI is InChI=1S/C40H36N6O5/c1-18(2)13-30(47)43-27-15-20-11-12-28-25(14-20)40-24-9-5-8-22(33(24)46-39(40)50-28)21-7-6-10-26-31(21)23(16-41-26)29-17-42-37(49-29)34-35(40)51-38(45-34)32(19(3)4)44-36(27)48/h5-12,14,16-19,27,32,39,41,46H,13,15H2,1-4H3,(H,43,47)(H,44,48)/t27-,32-,39?,40?/m0/s1. The second-order valence-electron chi connectivity index (χ2n) is 14.9. The molecule has 3 aromatic heterocycles. The van der Waals surface area contributed by atoms with Gasteiger partial charge in [-0.2, -0.15) is 0 Å². The van der Waals surface area contributed by atoms with Crippen LogP contribution in [0.2, 0.25) is 0 Å². The van der Waals surface area contributed by atoms with Crippen molar-refractivity contribution in [2.75, 3.05) is 5.32 Å². The van der Waals surface area contributed by atoms with E-state index in [9.17, 15) is 9.59 Å². The Kier molecular flexibility index (Phi) is 6.23. The Bertz CT molecular complexity index is 2440. The van der Waals surface area contributed by atoms with Crippen LogP contribution < -0.4 is 20.7 Å². The monoisotopic (exact) mass is 680 g/mol. The van der Waals surface area contributed by atoms with Gasteiger partial charge in [0.25, 0.3) is 0 Å². The van der Waals surface area contributed by atoms with Gasteiger partial charge < -0.3 is 34.5 Å². The molecule has 1 spiro atoms. The minimum Gasteiger partial charge on any atom is -0.469 e. The van der Waals surface area contributed by atoms with E-state index in [4.69, 9.17) is 23.5 Å². The lowest BCUT2D eigenvalue weighted by Gasteiger charge is -2.29. The van der Waals surface area contributed by atoms with Crippen molar-refractivity contribution < 1.29 is 23.2 Å². The van der Waals surface area contributed by atoms with Gasteiger partial charge in [0.1, 0.15) is 23.2 Å². The average molecular weight is 681 g/mol. The number of hydrogen-bond donors (Lipinski definition) is 4. The topological polar surface area (TPSA) is 147 Å². The Hall–Kier alpha value is -5.84. The number of aromatic nitrogens is 3. The summed E-state index contributed by atoms with van der Waals surface area (Å²) < 4.78 is 20.4. The molecule has 4 N–H and O–H groups in total. The van der Waals surface area contributed by atoms with E-state index in [2.05, 4.69) is 63.4 Å². The van der Waals surface area contributed by atoms with E-state index in [1.165, 1.54) is 0 Å². The summed E-state index contributed by atoms with van der Waals surface area (Å²) in [6, 6.07) is 17.1. The van der Waals surface area contributed by atoms with Crippen LogP contribution in [0.4, 0.5) is 5.69 Å². The number of ether oxygens (including phenoxy) is 1. The van der Waals surface area contributed by atoms with Crippen molar-refractivity contribution in [3.63, 3.8) is 0 Å². The van der Waals surface area contributed by atoms with Crippen molar-refractivity contribution in [2.24, 2.45) is 11.8 Å². The first kappa shape index (κ1) is 30.0. The molecule has 0 saturated carbocycles. The first-order chi connectivity index (χ1) is 24.7. The highest BCUT2D eigenvalue weighted by molar-refractivity contribution is 6.07. The molecule has 4 aliphatic rings. The zero-order valence-corrected chi connectivity index (χ0v) is 28.6. The molecular weight excluding hydrogens is 644 g/mol. The molecule has 2 amide bonds. The fraction of sp³-hybridized carbons (Fsp3) is 0.300. The van der Waals surface area contributed by atoms with Gasteiger partial charge in [0.05, 0.1) is 6.20 Å². The third kappa shape index (κ3) is 4.17. The minimum atomic E-state index is -1.01. The van der Waals surface area contributed by atoms with Gasteiger partial charge >= 0.3 is 0 Å². The van der Waals surface area contributed by atoms with Gasteiger partial charge in [0.15, 0.2) is 23.4 Å². The number of H-pyrrole nitrogens is 1. The SMILES string of the molecule is CC(C)CC(=O)N[C@H]1Cc2ccc3c(c2)C24c5cccc(c5NC2O3)-c2cccc3[nH]cc(c23)-c2cnc(o2)-c2nc(oc24)[C@H](C(C)C)NC1=O. The molecule has 0 fully saturated rings. The summed E-state index contributed by atoms with van der Waals surface area (Å²) in [6.07, 6.45) is 3.67. The van der Waals surface area contributed by atoms with E-state index in [-0.39, 0.29) is 30.1 Å². The largest absolute Gasteiger partial charge is 0.469 e. The fourth-order valence-electron chi connectivity index (χ4n) is 8.48. The summed E-state index contributed by atoms with van der Waals surface area (Å²) in [6.45, 7) is 7.98. The maximum Gasteiger partial charge on any atom is 0.249 e. The van der Waals surface area contributed by atoms with Gasteiger partial charge in [-0.15, -0.1) is 0 Å². The summed E-state index contributed by atoms with van der Waals surface area (Å²) in [5, 5.41) is 11.0. The molecule has 0 radical (unpaired) electrons. The quantitative estimate of drug-likeness (QED) is 0.158. The average Bonchev–Trinajstić information content (AvgIpc) is 3.92. The lowest BCUT2D eigenvalue weighted by Crippen LogP contribution is -2.49. The van der Waals surface area contributed by atoms with Crippen LogP contribution in [-0.2, 0) is 21.4 Å². The molecule has 10 bridgehead atoms. The molecule has 2 unspecified atom stereocenters. The van der Waals surface area contributed by atoms with Crippen molar-refractivity contribution in [3.8, 4) is 39.8 Å². The zero-order chi connectivity index (χ0) is 34.8. The number of hydrogen-bond acceptors (Lipinski definition) is 8. The third-order valence-electron chi connectivity index (χ3n) is 10.8. The molecule has 51 heavy (non-hydrogen) atoms. The summed E-state index contributed by atoms with van der Waals surface area (Å²) >= 11 is 0. The van der Waals surface area contributed by atoms with Crippen molar-refractivity contribution >= 4 is 28.4 Å². The van der Waals surface area contributed by atoms with Gasteiger partial charge in [0, 0.05) is 57.9 Å². The number of anilines is 1. The lowest BCUT2D eigenvalue weighted by molar-refractivity contribution is -0.130. The first-order valence-electron chi connectivity index (χ1n) is 17.6. The molecule has 3 aromatic carbocycles.